The molecule has 5 rings (SSSR count). The number of pyridine rings is 1. The molecule has 0 atom stereocenters. The Hall–Kier alpha value is -4.16. The summed E-state index contributed by atoms with van der Waals surface area (Å²) in [4.78, 5) is 31.0. The second-order valence-corrected chi connectivity index (χ2v) is 9.76. The highest BCUT2D eigenvalue weighted by Crippen LogP contribution is 2.30. The molecule has 1 aromatic carbocycles. The quantitative estimate of drug-likeness (QED) is 0.365. The van der Waals surface area contributed by atoms with E-state index in [2.05, 4.69) is 11.1 Å². The Labute approximate surface area is 211 Å². The fraction of sp³-hybridized carbons (Fsp3) is 0.269. The highest BCUT2D eigenvalue weighted by Gasteiger charge is 2.25. The third kappa shape index (κ3) is 3.80. The van der Waals surface area contributed by atoms with Gasteiger partial charge >= 0.3 is 5.69 Å². The van der Waals surface area contributed by atoms with Gasteiger partial charge in [-0.3, -0.25) is 23.6 Å². The second kappa shape index (κ2) is 8.81. The van der Waals surface area contributed by atoms with Gasteiger partial charge in [0.05, 0.1) is 23.3 Å². The summed E-state index contributed by atoms with van der Waals surface area (Å²) in [6.45, 7) is 4.72. The summed E-state index contributed by atoms with van der Waals surface area (Å²) in [6.07, 6.45) is 3.42. The Bertz CT molecular complexity index is 1810. The van der Waals surface area contributed by atoms with Gasteiger partial charge in [-0.25, -0.2) is 4.79 Å². The number of hydrogen-bond acceptors (Lipinski definition) is 5. The van der Waals surface area contributed by atoms with Crippen LogP contribution in [0.25, 0.3) is 33.3 Å². The summed E-state index contributed by atoms with van der Waals surface area (Å²) in [7, 11) is 3.29. The van der Waals surface area contributed by atoms with Crippen LogP contribution >= 0.6 is 11.6 Å². The molecule has 0 saturated heterocycles. The zero-order valence-electron chi connectivity index (χ0n) is 20.4. The van der Waals surface area contributed by atoms with Gasteiger partial charge in [0, 0.05) is 43.4 Å². The molecule has 0 fully saturated rings. The van der Waals surface area contributed by atoms with E-state index in [-0.39, 0.29) is 5.92 Å². The lowest BCUT2D eigenvalue weighted by Gasteiger charge is -2.11. The van der Waals surface area contributed by atoms with Crippen LogP contribution in [0.5, 0.6) is 0 Å². The second-order valence-electron chi connectivity index (χ2n) is 9.32. The predicted octanol–water partition coefficient (Wildman–Crippen LogP) is 3.68. The monoisotopic (exact) mass is 501 g/mol. The van der Waals surface area contributed by atoms with Crippen molar-refractivity contribution in [3.8, 4) is 17.5 Å². The summed E-state index contributed by atoms with van der Waals surface area (Å²) >= 11 is 6.28. The van der Waals surface area contributed by atoms with Gasteiger partial charge in [-0.1, -0.05) is 25.4 Å². The molecule has 4 heterocycles. The summed E-state index contributed by atoms with van der Waals surface area (Å²) in [6, 6.07) is 11.3. The molecule has 0 aliphatic rings. The Kier molecular flexibility index (Phi) is 5.77. The number of nitrogens with zero attached hydrogens (tertiary/aromatic N) is 7. The maximum atomic E-state index is 13.5. The average Bonchev–Trinajstić information content (AvgIpc) is 3.40. The molecule has 0 aliphatic carbocycles. The molecule has 0 saturated carbocycles. The van der Waals surface area contributed by atoms with Gasteiger partial charge in [0.25, 0.3) is 5.56 Å². The minimum Gasteiger partial charge on any atom is -0.348 e. The lowest BCUT2D eigenvalue weighted by molar-refractivity contribution is 0.498. The maximum Gasteiger partial charge on any atom is 0.332 e. The summed E-state index contributed by atoms with van der Waals surface area (Å²) in [5, 5.41) is 16.1. The van der Waals surface area contributed by atoms with E-state index in [1.54, 1.807) is 38.3 Å². The van der Waals surface area contributed by atoms with Gasteiger partial charge in [-0.2, -0.15) is 10.4 Å². The van der Waals surface area contributed by atoms with E-state index in [4.69, 9.17) is 16.7 Å². The first kappa shape index (κ1) is 23.6. The molecular weight excluding hydrogens is 478 g/mol. The highest BCUT2D eigenvalue weighted by atomic mass is 35.5. The number of hydrogen-bond donors (Lipinski definition) is 0. The third-order valence-electron chi connectivity index (χ3n) is 6.26. The van der Waals surface area contributed by atoms with Gasteiger partial charge in [0.1, 0.15) is 17.1 Å². The number of aromatic nitrogens is 6. The molecule has 0 bridgehead atoms. The van der Waals surface area contributed by atoms with Crippen LogP contribution in [0.15, 0.2) is 52.3 Å². The van der Waals surface area contributed by atoms with Crippen LogP contribution in [0, 0.1) is 17.2 Å². The molecule has 10 heteroatoms. The number of aryl methyl sites for hydroxylation is 1. The van der Waals surface area contributed by atoms with Crippen LogP contribution in [0.2, 0.25) is 5.02 Å². The lowest BCUT2D eigenvalue weighted by atomic mass is 10.1. The van der Waals surface area contributed by atoms with E-state index in [0.29, 0.717) is 46.1 Å². The van der Waals surface area contributed by atoms with E-state index >= 15 is 0 Å². The van der Waals surface area contributed by atoms with Crippen LogP contribution in [0.1, 0.15) is 25.0 Å². The van der Waals surface area contributed by atoms with Crippen LogP contribution < -0.4 is 11.2 Å². The Morgan fingerprint density at radius 3 is 2.61 bits per heavy atom. The third-order valence-corrected chi connectivity index (χ3v) is 6.50. The smallest absolute Gasteiger partial charge is 0.332 e. The van der Waals surface area contributed by atoms with Gasteiger partial charge < -0.3 is 4.57 Å². The van der Waals surface area contributed by atoms with Crippen molar-refractivity contribution in [1.82, 2.24) is 28.5 Å². The van der Waals surface area contributed by atoms with Crippen molar-refractivity contribution in [2.75, 3.05) is 0 Å². The maximum absolute atomic E-state index is 13.5. The van der Waals surface area contributed by atoms with Crippen molar-refractivity contribution in [3.05, 3.63) is 79.7 Å². The Morgan fingerprint density at radius 1 is 1.14 bits per heavy atom. The first-order valence-electron chi connectivity index (χ1n) is 11.5. The molecule has 0 unspecified atom stereocenters. The molecule has 0 N–H and O–H groups in total. The van der Waals surface area contributed by atoms with E-state index in [0.717, 1.165) is 21.0 Å². The Morgan fingerprint density at radius 2 is 1.92 bits per heavy atom. The van der Waals surface area contributed by atoms with Gasteiger partial charge in [-0.15, -0.1) is 0 Å². The number of fused-ring (bicyclic) bond motifs is 2. The SMILES string of the molecule is CC(C)Cn1c(=O)n(C)c(=O)c2c(-c3cc(C#N)cn3C)n(Cc3ccnc4ccc(Cl)cc34)nc21. The average molecular weight is 502 g/mol. The van der Waals surface area contributed by atoms with Gasteiger partial charge in [0.2, 0.25) is 0 Å². The summed E-state index contributed by atoms with van der Waals surface area (Å²) < 4.78 is 6.20. The van der Waals surface area contributed by atoms with Gasteiger partial charge in [0.15, 0.2) is 5.65 Å². The zero-order valence-corrected chi connectivity index (χ0v) is 21.1. The van der Waals surface area contributed by atoms with Crippen LogP contribution in [-0.4, -0.2) is 28.5 Å². The number of halogens is 1. The van der Waals surface area contributed by atoms with E-state index in [1.807, 2.05) is 39.1 Å². The van der Waals surface area contributed by atoms with Crippen molar-refractivity contribution in [3.63, 3.8) is 0 Å². The van der Waals surface area contributed by atoms with Crippen molar-refractivity contribution >= 4 is 33.5 Å². The van der Waals surface area contributed by atoms with Crippen molar-refractivity contribution < 1.29 is 0 Å². The summed E-state index contributed by atoms with van der Waals surface area (Å²) in [5.74, 6) is 0.156. The van der Waals surface area contributed by atoms with Crippen molar-refractivity contribution in [2.24, 2.45) is 20.0 Å². The van der Waals surface area contributed by atoms with E-state index < -0.39 is 11.2 Å². The molecule has 0 spiro atoms. The topological polar surface area (TPSA) is 103 Å². The number of nitriles is 1. The van der Waals surface area contributed by atoms with Crippen LogP contribution in [0.4, 0.5) is 0 Å². The normalized spacial score (nSPS) is 11.6. The number of benzene rings is 1. The molecule has 9 nitrogen and oxygen atoms in total. The minimum atomic E-state index is -0.432. The largest absolute Gasteiger partial charge is 0.348 e. The number of rotatable bonds is 5. The first-order chi connectivity index (χ1) is 17.2. The molecule has 36 heavy (non-hydrogen) atoms. The summed E-state index contributed by atoms with van der Waals surface area (Å²) in [5.41, 5.74) is 2.82. The van der Waals surface area contributed by atoms with Crippen molar-refractivity contribution in [2.45, 2.75) is 26.9 Å². The van der Waals surface area contributed by atoms with Gasteiger partial charge in [-0.05, 0) is 41.8 Å². The first-order valence-corrected chi connectivity index (χ1v) is 11.9. The zero-order chi connectivity index (χ0) is 25.7. The fourth-order valence-corrected chi connectivity index (χ4v) is 4.77. The molecular formula is C26H24ClN7O2. The predicted molar refractivity (Wildman–Crippen MR) is 139 cm³/mol. The Balaban J connectivity index is 1.87. The molecule has 182 valence electrons. The lowest BCUT2D eigenvalue weighted by Crippen LogP contribution is -2.38. The van der Waals surface area contributed by atoms with E-state index in [9.17, 15) is 14.9 Å². The van der Waals surface area contributed by atoms with Crippen LogP contribution in [0.3, 0.4) is 0 Å². The van der Waals surface area contributed by atoms with E-state index in [1.165, 1.54) is 7.05 Å². The highest BCUT2D eigenvalue weighted by molar-refractivity contribution is 6.31. The van der Waals surface area contributed by atoms with Crippen molar-refractivity contribution in [1.29, 1.82) is 5.26 Å². The molecule has 5 aromatic rings. The molecule has 0 radical (unpaired) electrons. The standard InChI is InChI=1S/C26H24ClN7O2/c1-15(2)12-33-24-22(25(35)32(4)26(33)36)23(21-9-16(11-28)13-31(21)3)34(30-24)14-17-7-8-29-20-6-5-18(27)10-19(17)20/h5-10,13,15H,12,14H2,1-4H3. The van der Waals surface area contributed by atoms with Crippen LogP contribution in [-0.2, 0) is 27.2 Å². The molecule has 4 aromatic heterocycles. The fourth-order valence-electron chi connectivity index (χ4n) is 4.60. The minimum absolute atomic E-state index is 0.156. The molecule has 0 amide bonds. The molecule has 0 aliphatic heterocycles.